The van der Waals surface area contributed by atoms with Crippen molar-refractivity contribution in [1.82, 2.24) is 14.6 Å². The third-order valence-corrected chi connectivity index (χ3v) is 7.43. The molecule has 1 saturated heterocycles. The minimum atomic E-state index is -4.78. The van der Waals surface area contributed by atoms with Crippen LogP contribution in [0.2, 0.25) is 0 Å². The van der Waals surface area contributed by atoms with E-state index < -0.39 is 39.1 Å². The lowest BCUT2D eigenvalue weighted by Gasteiger charge is -2.35. The van der Waals surface area contributed by atoms with E-state index in [1.807, 2.05) is 0 Å². The van der Waals surface area contributed by atoms with Gasteiger partial charge >= 0.3 is 6.18 Å². The van der Waals surface area contributed by atoms with E-state index in [1.54, 1.807) is 11.0 Å². The third kappa shape index (κ3) is 5.66. The fourth-order valence-corrected chi connectivity index (χ4v) is 4.85. The molecule has 184 valence electrons. The monoisotopic (exact) mass is 500 g/mol. The number of anilines is 1. The summed E-state index contributed by atoms with van der Waals surface area (Å²) >= 11 is 0. The Labute approximate surface area is 194 Å². The van der Waals surface area contributed by atoms with Gasteiger partial charge in [-0.25, -0.2) is 22.5 Å². The molecule has 34 heavy (non-hydrogen) atoms. The third-order valence-electron chi connectivity index (χ3n) is 5.98. The van der Waals surface area contributed by atoms with E-state index in [4.69, 9.17) is 0 Å². The summed E-state index contributed by atoms with van der Waals surface area (Å²) in [6.45, 7) is 1.16. The summed E-state index contributed by atoms with van der Waals surface area (Å²) in [5.74, 6) is -0.713. The second-order valence-electron chi connectivity index (χ2n) is 8.45. The maximum Gasteiger partial charge on any atom is 0.417 e. The highest BCUT2D eigenvalue weighted by molar-refractivity contribution is 7.89. The number of alkyl halides is 3. The fraction of sp³-hybridized carbons (Fsp3) is 0.455. The number of hydrogen-bond donors (Lipinski definition) is 1. The lowest BCUT2D eigenvalue weighted by Crippen LogP contribution is -2.49. The van der Waals surface area contributed by atoms with Crippen molar-refractivity contribution in [2.75, 3.05) is 37.6 Å². The molecule has 12 heteroatoms. The van der Waals surface area contributed by atoms with E-state index in [1.165, 1.54) is 17.2 Å². The quantitative estimate of drug-likeness (QED) is 0.590. The normalized spacial score (nSPS) is 17.2. The molecule has 1 aliphatic heterocycles. The molecule has 1 N–H and O–H groups in total. The van der Waals surface area contributed by atoms with E-state index in [-0.39, 0.29) is 31.1 Å². The summed E-state index contributed by atoms with van der Waals surface area (Å²) in [7, 11) is -3.65. The first-order chi connectivity index (χ1) is 16.0. The van der Waals surface area contributed by atoms with Crippen molar-refractivity contribution in [3.05, 3.63) is 53.5 Å². The topological polar surface area (TPSA) is 82.6 Å². The molecular formula is C22H24F4N4O3S. The Morgan fingerprint density at radius 3 is 2.38 bits per heavy atom. The van der Waals surface area contributed by atoms with Crippen LogP contribution in [0.3, 0.4) is 0 Å². The number of nitrogens with zero attached hydrogens (tertiary/aromatic N) is 3. The van der Waals surface area contributed by atoms with Gasteiger partial charge in [0, 0.05) is 38.9 Å². The van der Waals surface area contributed by atoms with E-state index in [2.05, 4.69) is 9.71 Å². The van der Waals surface area contributed by atoms with Crippen LogP contribution in [0.25, 0.3) is 0 Å². The summed E-state index contributed by atoms with van der Waals surface area (Å²) in [6.07, 6.45) is -0.424. The van der Waals surface area contributed by atoms with Gasteiger partial charge in [0.1, 0.15) is 16.5 Å². The minimum absolute atomic E-state index is 0.0478. The highest BCUT2D eigenvalue weighted by Gasteiger charge is 2.37. The molecule has 1 aliphatic carbocycles. The number of piperazine rings is 1. The van der Waals surface area contributed by atoms with Crippen LogP contribution in [0.4, 0.5) is 23.4 Å². The van der Waals surface area contributed by atoms with Crippen LogP contribution >= 0.6 is 0 Å². The van der Waals surface area contributed by atoms with Gasteiger partial charge in [-0.2, -0.15) is 13.2 Å². The van der Waals surface area contributed by atoms with Crippen LogP contribution in [-0.2, 0) is 16.2 Å². The molecule has 1 saturated carbocycles. The van der Waals surface area contributed by atoms with Gasteiger partial charge in [0.05, 0.1) is 11.1 Å². The Hall–Kier alpha value is -2.73. The van der Waals surface area contributed by atoms with Gasteiger partial charge in [0.25, 0.3) is 5.91 Å². The molecule has 0 bridgehead atoms. The average Bonchev–Trinajstić information content (AvgIpc) is 3.62. The molecule has 2 fully saturated rings. The number of rotatable bonds is 7. The molecule has 0 atom stereocenters. The number of halogens is 4. The van der Waals surface area contributed by atoms with Crippen molar-refractivity contribution >= 4 is 21.7 Å². The first-order valence-electron chi connectivity index (χ1n) is 10.9. The Bertz CT molecular complexity index is 1140. The number of hydrogen-bond acceptors (Lipinski definition) is 5. The maximum absolute atomic E-state index is 13.6. The van der Waals surface area contributed by atoms with Gasteiger partial charge in [0.15, 0.2) is 0 Å². The first kappa shape index (κ1) is 24.4. The average molecular weight is 501 g/mol. The largest absolute Gasteiger partial charge is 0.417 e. The van der Waals surface area contributed by atoms with Crippen molar-refractivity contribution < 1.29 is 30.8 Å². The highest BCUT2D eigenvalue weighted by atomic mass is 32.2. The molecule has 2 aliphatic rings. The number of carbonyl (C=O) groups is 1. The number of sulfonamides is 1. The zero-order valence-electron chi connectivity index (χ0n) is 18.2. The Balaban J connectivity index is 1.37. The van der Waals surface area contributed by atoms with Gasteiger partial charge in [-0.15, -0.1) is 0 Å². The van der Waals surface area contributed by atoms with Gasteiger partial charge in [0.2, 0.25) is 10.0 Å². The summed E-state index contributed by atoms with van der Waals surface area (Å²) in [6, 6.07) is 4.86. The lowest BCUT2D eigenvalue weighted by atomic mass is 10.0. The number of pyridine rings is 1. The molecule has 1 aromatic heterocycles. The summed E-state index contributed by atoms with van der Waals surface area (Å²) < 4.78 is 80.7. The maximum atomic E-state index is 13.6. The lowest BCUT2D eigenvalue weighted by molar-refractivity contribution is -0.138. The molecule has 0 radical (unpaired) electrons. The van der Waals surface area contributed by atoms with Crippen molar-refractivity contribution in [2.45, 2.75) is 30.3 Å². The Morgan fingerprint density at radius 1 is 1.09 bits per heavy atom. The zero-order valence-corrected chi connectivity index (χ0v) is 19.0. The molecule has 0 unspecified atom stereocenters. The molecule has 1 amide bonds. The number of benzene rings is 1. The van der Waals surface area contributed by atoms with Crippen LogP contribution < -0.4 is 9.62 Å². The van der Waals surface area contributed by atoms with Crippen molar-refractivity contribution in [3.63, 3.8) is 0 Å². The second kappa shape index (κ2) is 9.49. The summed E-state index contributed by atoms with van der Waals surface area (Å²) in [5.41, 5.74) is -1.90. The van der Waals surface area contributed by atoms with Gasteiger partial charge < -0.3 is 9.80 Å². The van der Waals surface area contributed by atoms with Crippen LogP contribution in [-0.4, -0.2) is 56.9 Å². The van der Waals surface area contributed by atoms with Gasteiger partial charge in [-0.3, -0.25) is 4.79 Å². The molecule has 7 nitrogen and oxygen atoms in total. The van der Waals surface area contributed by atoms with Crippen LogP contribution in [0.15, 0.2) is 41.4 Å². The SMILES string of the molecule is O=C(c1cc(F)ccc1C(F)(F)F)N1CCN(c2ccc(S(=O)(=O)NCCC3CC3)cn2)CC1. The van der Waals surface area contributed by atoms with Crippen LogP contribution in [0.1, 0.15) is 35.2 Å². The van der Waals surface area contributed by atoms with E-state index in [0.29, 0.717) is 36.5 Å². The summed E-state index contributed by atoms with van der Waals surface area (Å²) in [4.78, 5) is 20.0. The molecule has 1 aromatic carbocycles. The van der Waals surface area contributed by atoms with E-state index in [0.717, 1.165) is 19.3 Å². The predicted molar refractivity (Wildman–Crippen MR) is 116 cm³/mol. The standard InChI is InChI=1S/C22H24F4N4O3S/c23-16-3-5-19(22(24,25)26)18(13-16)21(31)30-11-9-29(10-12-30)20-6-4-17(14-27-20)34(32,33)28-8-7-15-1-2-15/h3-6,13-15,28H,1-2,7-12H2. The minimum Gasteiger partial charge on any atom is -0.353 e. The molecule has 0 spiro atoms. The number of aromatic nitrogens is 1. The zero-order chi connectivity index (χ0) is 24.5. The molecule has 2 aromatic rings. The van der Waals surface area contributed by atoms with E-state index >= 15 is 0 Å². The summed E-state index contributed by atoms with van der Waals surface area (Å²) in [5, 5.41) is 0. The van der Waals surface area contributed by atoms with Gasteiger partial charge in [-0.1, -0.05) is 12.8 Å². The van der Waals surface area contributed by atoms with E-state index in [9.17, 15) is 30.8 Å². The Morgan fingerprint density at radius 2 is 1.79 bits per heavy atom. The molecule has 4 rings (SSSR count). The second-order valence-corrected chi connectivity index (χ2v) is 10.2. The molecular weight excluding hydrogens is 476 g/mol. The van der Waals surface area contributed by atoms with Crippen LogP contribution in [0, 0.1) is 11.7 Å². The smallest absolute Gasteiger partial charge is 0.353 e. The van der Waals surface area contributed by atoms with Crippen molar-refractivity contribution in [1.29, 1.82) is 0 Å². The number of nitrogens with one attached hydrogen (secondary N) is 1. The number of amides is 1. The van der Waals surface area contributed by atoms with Crippen LogP contribution in [0.5, 0.6) is 0 Å². The fourth-order valence-electron chi connectivity index (χ4n) is 3.86. The number of carbonyl (C=O) groups excluding carboxylic acids is 1. The van der Waals surface area contributed by atoms with Gasteiger partial charge in [-0.05, 0) is 42.7 Å². The Kier molecular flexibility index (Phi) is 6.81. The highest BCUT2D eigenvalue weighted by Crippen LogP contribution is 2.33. The van der Waals surface area contributed by atoms with Crippen molar-refractivity contribution in [2.24, 2.45) is 5.92 Å². The van der Waals surface area contributed by atoms with Crippen molar-refractivity contribution in [3.8, 4) is 0 Å². The predicted octanol–water partition coefficient (Wildman–Crippen LogP) is 3.28. The molecule has 2 heterocycles. The first-order valence-corrected chi connectivity index (χ1v) is 12.4.